The molecule has 0 bridgehead atoms. The number of hydrogen-bond acceptors (Lipinski definition) is 5. The molecule has 1 saturated heterocycles. The van der Waals surface area contributed by atoms with Crippen LogP contribution in [0.25, 0.3) is 10.6 Å². The maximum absolute atomic E-state index is 5.79. The fourth-order valence-electron chi connectivity index (χ4n) is 2.36. The number of nitrogens with zero attached hydrogens (tertiary/aromatic N) is 2. The van der Waals surface area contributed by atoms with Crippen molar-refractivity contribution >= 4 is 11.3 Å². The van der Waals surface area contributed by atoms with Gasteiger partial charge in [0, 0.05) is 36.8 Å². The first-order valence-electron chi connectivity index (χ1n) is 7.35. The average molecular weight is 304 g/mol. The van der Waals surface area contributed by atoms with Crippen LogP contribution in [0.4, 0.5) is 0 Å². The Bertz CT molecular complexity index is 522. The molecular formula is C16H20N2O2S. The van der Waals surface area contributed by atoms with E-state index in [-0.39, 0.29) is 0 Å². The molecule has 1 aliphatic rings. The van der Waals surface area contributed by atoms with Crippen LogP contribution in [0, 0.1) is 0 Å². The Morgan fingerprint density at radius 3 is 2.71 bits per heavy atom. The molecule has 3 rings (SSSR count). The highest BCUT2D eigenvalue weighted by molar-refractivity contribution is 7.13. The van der Waals surface area contributed by atoms with E-state index >= 15 is 0 Å². The first-order chi connectivity index (χ1) is 10.4. The van der Waals surface area contributed by atoms with E-state index in [0.29, 0.717) is 0 Å². The second-order valence-corrected chi connectivity index (χ2v) is 5.91. The zero-order valence-electron chi connectivity index (χ0n) is 12.0. The molecule has 0 atom stereocenters. The molecule has 4 nitrogen and oxygen atoms in total. The highest BCUT2D eigenvalue weighted by atomic mass is 32.1. The molecule has 5 heteroatoms. The summed E-state index contributed by atoms with van der Waals surface area (Å²) < 4.78 is 11.1. The summed E-state index contributed by atoms with van der Waals surface area (Å²) in [6.07, 6.45) is 2.88. The van der Waals surface area contributed by atoms with E-state index in [4.69, 9.17) is 9.47 Å². The summed E-state index contributed by atoms with van der Waals surface area (Å²) >= 11 is 1.65. The average Bonchev–Trinajstić information content (AvgIpc) is 3.08. The Morgan fingerprint density at radius 1 is 1.19 bits per heavy atom. The molecule has 0 spiro atoms. The summed E-state index contributed by atoms with van der Waals surface area (Å²) in [5.74, 6) is 0.928. The van der Waals surface area contributed by atoms with Crippen LogP contribution < -0.4 is 4.74 Å². The van der Waals surface area contributed by atoms with Crippen LogP contribution >= 0.6 is 11.3 Å². The summed E-state index contributed by atoms with van der Waals surface area (Å²) in [7, 11) is 0. The number of morpholine rings is 1. The maximum Gasteiger partial charge on any atom is 0.123 e. The Balaban J connectivity index is 1.41. The van der Waals surface area contributed by atoms with Crippen LogP contribution in [0.1, 0.15) is 6.42 Å². The van der Waals surface area contributed by atoms with Crippen molar-refractivity contribution in [2.75, 3.05) is 39.5 Å². The minimum Gasteiger partial charge on any atom is -0.494 e. The quantitative estimate of drug-likeness (QED) is 0.769. The second-order valence-electron chi connectivity index (χ2n) is 5.02. The largest absolute Gasteiger partial charge is 0.494 e. The molecule has 0 aliphatic carbocycles. The third-order valence-electron chi connectivity index (χ3n) is 3.52. The molecule has 2 heterocycles. The zero-order chi connectivity index (χ0) is 14.3. The van der Waals surface area contributed by atoms with Crippen molar-refractivity contribution in [2.45, 2.75) is 6.42 Å². The fourth-order valence-corrected chi connectivity index (χ4v) is 3.01. The van der Waals surface area contributed by atoms with E-state index in [1.54, 1.807) is 11.3 Å². The first kappa shape index (κ1) is 14.5. The van der Waals surface area contributed by atoms with Gasteiger partial charge in [-0.25, -0.2) is 4.98 Å². The first-order valence-corrected chi connectivity index (χ1v) is 8.22. The van der Waals surface area contributed by atoms with Gasteiger partial charge < -0.3 is 9.47 Å². The number of ether oxygens (including phenoxy) is 2. The van der Waals surface area contributed by atoms with Crippen molar-refractivity contribution in [3.63, 3.8) is 0 Å². The van der Waals surface area contributed by atoms with Gasteiger partial charge in [0.1, 0.15) is 10.8 Å². The topological polar surface area (TPSA) is 34.6 Å². The van der Waals surface area contributed by atoms with Gasteiger partial charge in [-0.3, -0.25) is 4.90 Å². The predicted octanol–water partition coefficient (Wildman–Crippen LogP) is 2.91. The lowest BCUT2D eigenvalue weighted by Gasteiger charge is -2.26. The van der Waals surface area contributed by atoms with Gasteiger partial charge in [-0.1, -0.05) is 0 Å². The molecule has 1 fully saturated rings. The zero-order valence-corrected chi connectivity index (χ0v) is 12.8. The third-order valence-corrected chi connectivity index (χ3v) is 4.35. The van der Waals surface area contributed by atoms with Crippen LogP contribution in [0.5, 0.6) is 5.75 Å². The lowest BCUT2D eigenvalue weighted by atomic mass is 10.2. The Morgan fingerprint density at radius 2 is 2.00 bits per heavy atom. The van der Waals surface area contributed by atoms with Crippen molar-refractivity contribution in [1.82, 2.24) is 9.88 Å². The van der Waals surface area contributed by atoms with Crippen LogP contribution in [0.2, 0.25) is 0 Å². The van der Waals surface area contributed by atoms with Gasteiger partial charge in [-0.2, -0.15) is 0 Å². The fraction of sp³-hybridized carbons (Fsp3) is 0.438. The van der Waals surface area contributed by atoms with Crippen molar-refractivity contribution in [2.24, 2.45) is 0 Å². The van der Waals surface area contributed by atoms with E-state index in [9.17, 15) is 0 Å². The van der Waals surface area contributed by atoms with Crippen molar-refractivity contribution in [1.29, 1.82) is 0 Å². The van der Waals surface area contributed by atoms with Crippen molar-refractivity contribution < 1.29 is 9.47 Å². The van der Waals surface area contributed by atoms with Crippen LogP contribution in [-0.4, -0.2) is 49.3 Å². The number of benzene rings is 1. The lowest BCUT2D eigenvalue weighted by Crippen LogP contribution is -2.37. The molecule has 21 heavy (non-hydrogen) atoms. The summed E-state index contributed by atoms with van der Waals surface area (Å²) in [5, 5.41) is 3.04. The van der Waals surface area contributed by atoms with Crippen molar-refractivity contribution in [3.8, 4) is 16.3 Å². The number of thiazole rings is 1. The van der Waals surface area contributed by atoms with Crippen LogP contribution in [0.3, 0.4) is 0 Å². The van der Waals surface area contributed by atoms with Gasteiger partial charge in [0.2, 0.25) is 0 Å². The smallest absolute Gasteiger partial charge is 0.123 e. The number of hydrogen-bond donors (Lipinski definition) is 0. The molecule has 1 aromatic heterocycles. The van der Waals surface area contributed by atoms with Crippen LogP contribution in [-0.2, 0) is 4.74 Å². The van der Waals surface area contributed by atoms with Crippen LogP contribution in [0.15, 0.2) is 35.8 Å². The summed E-state index contributed by atoms with van der Waals surface area (Å²) in [5.41, 5.74) is 1.14. The molecule has 1 aromatic carbocycles. The summed E-state index contributed by atoms with van der Waals surface area (Å²) in [6, 6.07) is 8.17. The molecule has 0 amide bonds. The molecule has 0 radical (unpaired) electrons. The lowest BCUT2D eigenvalue weighted by molar-refractivity contribution is 0.0358. The van der Waals surface area contributed by atoms with E-state index < -0.39 is 0 Å². The molecule has 112 valence electrons. The summed E-state index contributed by atoms with van der Waals surface area (Å²) in [6.45, 7) is 5.65. The van der Waals surface area contributed by atoms with Gasteiger partial charge in [0.15, 0.2) is 0 Å². The highest BCUT2D eigenvalue weighted by Crippen LogP contribution is 2.24. The Labute approximate surface area is 129 Å². The minimum atomic E-state index is 0.758. The predicted molar refractivity (Wildman–Crippen MR) is 84.9 cm³/mol. The highest BCUT2D eigenvalue weighted by Gasteiger charge is 2.09. The second kappa shape index (κ2) is 7.54. The van der Waals surface area contributed by atoms with E-state index in [1.165, 1.54) is 0 Å². The normalized spacial score (nSPS) is 16.0. The molecule has 0 saturated carbocycles. The van der Waals surface area contributed by atoms with Gasteiger partial charge in [-0.15, -0.1) is 11.3 Å². The van der Waals surface area contributed by atoms with Gasteiger partial charge in [-0.05, 0) is 30.7 Å². The molecular weight excluding hydrogens is 284 g/mol. The third kappa shape index (κ3) is 4.27. The number of aromatic nitrogens is 1. The number of rotatable bonds is 6. The van der Waals surface area contributed by atoms with Gasteiger partial charge in [0.05, 0.1) is 19.8 Å². The van der Waals surface area contributed by atoms with E-state index in [2.05, 4.69) is 22.0 Å². The Hall–Kier alpha value is -1.43. The SMILES string of the molecule is c1csc(-c2ccc(OCCCN3CCOCC3)cc2)n1. The molecule has 2 aromatic rings. The Kier molecular flexibility index (Phi) is 5.21. The van der Waals surface area contributed by atoms with Gasteiger partial charge in [0.25, 0.3) is 0 Å². The van der Waals surface area contributed by atoms with E-state index in [1.807, 2.05) is 23.7 Å². The van der Waals surface area contributed by atoms with Crippen molar-refractivity contribution in [3.05, 3.63) is 35.8 Å². The molecule has 0 N–H and O–H groups in total. The van der Waals surface area contributed by atoms with E-state index in [0.717, 1.165) is 62.2 Å². The van der Waals surface area contributed by atoms with Gasteiger partial charge >= 0.3 is 0 Å². The maximum atomic E-state index is 5.79. The molecule has 0 unspecified atom stereocenters. The monoisotopic (exact) mass is 304 g/mol. The standard InChI is InChI=1S/C16H20N2O2S/c1(7-18-8-11-19-12-9-18)10-20-15-4-2-14(3-5-15)16-17-6-13-21-16/h2-6,13H,1,7-12H2. The minimum absolute atomic E-state index is 0.758. The summed E-state index contributed by atoms with van der Waals surface area (Å²) in [4.78, 5) is 6.73. The molecule has 1 aliphatic heterocycles.